The van der Waals surface area contributed by atoms with Crippen LogP contribution in [0.25, 0.3) is 0 Å². The van der Waals surface area contributed by atoms with Gasteiger partial charge in [0.1, 0.15) is 0 Å². The molecule has 7 heteroatoms. The molecule has 0 spiro atoms. The van der Waals surface area contributed by atoms with Gasteiger partial charge >= 0.3 is 0 Å². The third-order valence-electron chi connectivity index (χ3n) is 4.76. The first kappa shape index (κ1) is 19.4. The van der Waals surface area contributed by atoms with Gasteiger partial charge in [0.05, 0.1) is 4.90 Å². The summed E-state index contributed by atoms with van der Waals surface area (Å²) in [7, 11) is -2.04. The van der Waals surface area contributed by atoms with Crippen LogP contribution in [-0.2, 0) is 16.4 Å². The number of amides is 1. The second kappa shape index (κ2) is 8.54. The highest BCUT2D eigenvalue weighted by atomic mass is 32.2. The minimum absolute atomic E-state index is 0.165. The Bertz CT molecular complexity index is 895. The Balaban J connectivity index is 1.53. The Morgan fingerprint density at radius 2 is 1.85 bits per heavy atom. The summed E-state index contributed by atoms with van der Waals surface area (Å²) in [5, 5.41) is 2.51. The molecule has 0 aromatic heterocycles. The number of hydrogen-bond acceptors (Lipinski definition) is 4. The zero-order valence-electron chi connectivity index (χ0n) is 15.4. The molecule has 0 aliphatic carbocycles. The van der Waals surface area contributed by atoms with Crippen LogP contribution in [0.2, 0.25) is 0 Å². The standard InChI is InChI=1S/C20H25N3O3S/c1-21-20(24)17-9-11-18(12-10-17)27(25,26)22-13-5-15-23-14-4-7-16-6-2-3-8-19(16)23/h2-3,6,8-12,22H,4-5,7,13-15H2,1H3,(H,21,24). The maximum absolute atomic E-state index is 12.4. The van der Waals surface area contributed by atoms with Crippen LogP contribution < -0.4 is 14.9 Å². The first-order chi connectivity index (χ1) is 13.0. The van der Waals surface area contributed by atoms with Crippen LogP contribution in [0.1, 0.15) is 28.8 Å². The molecule has 144 valence electrons. The van der Waals surface area contributed by atoms with Crippen LogP contribution in [0.4, 0.5) is 5.69 Å². The van der Waals surface area contributed by atoms with Gasteiger partial charge in [0, 0.05) is 37.9 Å². The van der Waals surface area contributed by atoms with Crippen molar-refractivity contribution in [2.45, 2.75) is 24.2 Å². The van der Waals surface area contributed by atoms with E-state index in [4.69, 9.17) is 0 Å². The molecule has 1 aliphatic rings. The van der Waals surface area contributed by atoms with Gasteiger partial charge < -0.3 is 10.2 Å². The molecule has 6 nitrogen and oxygen atoms in total. The summed E-state index contributed by atoms with van der Waals surface area (Å²) < 4.78 is 27.5. The molecule has 0 saturated carbocycles. The molecule has 0 atom stereocenters. The predicted molar refractivity (Wildman–Crippen MR) is 107 cm³/mol. The fourth-order valence-corrected chi connectivity index (χ4v) is 4.41. The maximum atomic E-state index is 12.4. The Morgan fingerprint density at radius 1 is 1.11 bits per heavy atom. The molecular formula is C20H25N3O3S. The smallest absolute Gasteiger partial charge is 0.251 e. The summed E-state index contributed by atoms with van der Waals surface area (Å²) in [4.78, 5) is 14.0. The number of rotatable bonds is 7. The zero-order chi connectivity index (χ0) is 19.3. The molecule has 0 radical (unpaired) electrons. The van der Waals surface area contributed by atoms with Gasteiger partial charge in [-0.2, -0.15) is 0 Å². The van der Waals surface area contributed by atoms with Gasteiger partial charge in [-0.3, -0.25) is 4.79 Å². The molecule has 1 heterocycles. The fourth-order valence-electron chi connectivity index (χ4n) is 3.33. The van der Waals surface area contributed by atoms with Crippen molar-refractivity contribution in [2.24, 2.45) is 0 Å². The highest BCUT2D eigenvalue weighted by molar-refractivity contribution is 7.89. The average Bonchev–Trinajstić information content (AvgIpc) is 2.71. The number of sulfonamides is 1. The quantitative estimate of drug-likeness (QED) is 0.714. The highest BCUT2D eigenvalue weighted by Crippen LogP contribution is 2.26. The number of nitrogens with zero attached hydrogens (tertiary/aromatic N) is 1. The van der Waals surface area contributed by atoms with E-state index >= 15 is 0 Å². The first-order valence-corrected chi connectivity index (χ1v) is 10.6. The van der Waals surface area contributed by atoms with E-state index in [1.54, 1.807) is 0 Å². The van der Waals surface area contributed by atoms with Crippen molar-refractivity contribution < 1.29 is 13.2 Å². The van der Waals surface area contributed by atoms with Crippen LogP contribution in [0, 0.1) is 0 Å². The third-order valence-corrected chi connectivity index (χ3v) is 6.23. The topological polar surface area (TPSA) is 78.5 Å². The van der Waals surface area contributed by atoms with E-state index in [0.29, 0.717) is 12.1 Å². The van der Waals surface area contributed by atoms with Crippen LogP contribution >= 0.6 is 0 Å². The molecule has 27 heavy (non-hydrogen) atoms. The number of para-hydroxylation sites is 1. The maximum Gasteiger partial charge on any atom is 0.251 e. The number of hydrogen-bond donors (Lipinski definition) is 2. The van der Waals surface area contributed by atoms with E-state index in [1.165, 1.54) is 42.6 Å². The molecule has 0 unspecified atom stereocenters. The van der Waals surface area contributed by atoms with Gasteiger partial charge in [-0.1, -0.05) is 18.2 Å². The van der Waals surface area contributed by atoms with Gasteiger partial charge in [-0.05, 0) is 55.2 Å². The number of carbonyl (C=O) groups excluding carboxylic acids is 1. The number of benzene rings is 2. The number of fused-ring (bicyclic) bond motifs is 1. The van der Waals surface area contributed by atoms with Crippen molar-refractivity contribution in [1.29, 1.82) is 0 Å². The number of aryl methyl sites for hydroxylation is 1. The summed E-state index contributed by atoms with van der Waals surface area (Å²) in [5.41, 5.74) is 3.05. The first-order valence-electron chi connectivity index (χ1n) is 9.16. The van der Waals surface area contributed by atoms with Gasteiger partial charge in [-0.25, -0.2) is 13.1 Å². The summed E-state index contributed by atoms with van der Waals surface area (Å²) >= 11 is 0. The van der Waals surface area contributed by atoms with Crippen LogP contribution in [0.5, 0.6) is 0 Å². The van der Waals surface area contributed by atoms with Crippen molar-refractivity contribution in [3.63, 3.8) is 0 Å². The van der Waals surface area contributed by atoms with E-state index in [0.717, 1.165) is 32.4 Å². The molecule has 3 rings (SSSR count). The Hall–Kier alpha value is -2.38. The molecular weight excluding hydrogens is 362 g/mol. The van der Waals surface area contributed by atoms with Crippen LogP contribution in [0.3, 0.4) is 0 Å². The molecule has 2 aromatic rings. The van der Waals surface area contributed by atoms with E-state index in [1.807, 2.05) is 6.07 Å². The van der Waals surface area contributed by atoms with Gasteiger partial charge in [0.15, 0.2) is 0 Å². The lowest BCUT2D eigenvalue weighted by atomic mass is 10.0. The number of anilines is 1. The lowest BCUT2D eigenvalue weighted by molar-refractivity contribution is 0.0963. The van der Waals surface area contributed by atoms with Gasteiger partial charge in [0.25, 0.3) is 5.91 Å². The van der Waals surface area contributed by atoms with Gasteiger partial charge in [-0.15, -0.1) is 0 Å². The van der Waals surface area contributed by atoms with Crippen molar-refractivity contribution in [2.75, 3.05) is 31.6 Å². The number of nitrogens with one attached hydrogen (secondary N) is 2. The van der Waals surface area contributed by atoms with E-state index < -0.39 is 10.0 Å². The summed E-state index contributed by atoms with van der Waals surface area (Å²) in [6, 6.07) is 14.3. The molecule has 1 amide bonds. The molecule has 2 aromatic carbocycles. The highest BCUT2D eigenvalue weighted by Gasteiger charge is 2.17. The second-order valence-corrected chi connectivity index (χ2v) is 8.34. The van der Waals surface area contributed by atoms with Crippen LogP contribution in [0.15, 0.2) is 53.4 Å². The summed E-state index contributed by atoms with van der Waals surface area (Å²) in [6.07, 6.45) is 2.95. The molecule has 0 saturated heterocycles. The van der Waals surface area contributed by atoms with Crippen molar-refractivity contribution in [1.82, 2.24) is 10.0 Å². The van der Waals surface area contributed by atoms with E-state index in [9.17, 15) is 13.2 Å². The molecule has 2 N–H and O–H groups in total. The Morgan fingerprint density at radius 3 is 2.59 bits per heavy atom. The van der Waals surface area contributed by atoms with E-state index in [-0.39, 0.29) is 10.8 Å². The molecule has 0 fully saturated rings. The largest absolute Gasteiger partial charge is 0.371 e. The summed E-state index contributed by atoms with van der Waals surface area (Å²) in [5.74, 6) is -0.242. The minimum Gasteiger partial charge on any atom is -0.371 e. The average molecular weight is 388 g/mol. The molecule has 1 aliphatic heterocycles. The summed E-state index contributed by atoms with van der Waals surface area (Å²) in [6.45, 7) is 2.19. The monoisotopic (exact) mass is 387 g/mol. The normalized spacial score (nSPS) is 13.9. The van der Waals surface area contributed by atoms with Crippen LogP contribution in [-0.4, -0.2) is 41.0 Å². The second-order valence-electron chi connectivity index (χ2n) is 6.57. The molecule has 0 bridgehead atoms. The van der Waals surface area contributed by atoms with Crippen molar-refractivity contribution in [3.05, 3.63) is 59.7 Å². The lowest BCUT2D eigenvalue weighted by Gasteiger charge is -2.31. The van der Waals surface area contributed by atoms with Gasteiger partial charge in [0.2, 0.25) is 10.0 Å². The fraction of sp³-hybridized carbons (Fsp3) is 0.350. The third kappa shape index (κ3) is 4.67. The number of carbonyl (C=O) groups is 1. The van der Waals surface area contributed by atoms with Crippen molar-refractivity contribution in [3.8, 4) is 0 Å². The van der Waals surface area contributed by atoms with Crippen molar-refractivity contribution >= 4 is 21.6 Å². The van der Waals surface area contributed by atoms with E-state index in [2.05, 4.69) is 33.1 Å². The minimum atomic E-state index is -3.57. The SMILES string of the molecule is CNC(=O)c1ccc(S(=O)(=O)NCCCN2CCCc3ccccc32)cc1. The Kier molecular flexibility index (Phi) is 6.13. The zero-order valence-corrected chi connectivity index (χ0v) is 16.3. The predicted octanol–water partition coefficient (Wildman–Crippen LogP) is 2.17. The Labute approximate surface area is 160 Å². The lowest BCUT2D eigenvalue weighted by Crippen LogP contribution is -2.33.